The average Bonchev–Trinajstić information content (AvgIpc) is 3.29. The van der Waals surface area contributed by atoms with Crippen molar-refractivity contribution in [2.75, 3.05) is 39.5 Å². The van der Waals surface area contributed by atoms with Gasteiger partial charge in [-0.3, -0.25) is 4.90 Å². The van der Waals surface area contributed by atoms with Gasteiger partial charge in [0.2, 0.25) is 0 Å². The lowest BCUT2D eigenvalue weighted by atomic mass is 10.0. The van der Waals surface area contributed by atoms with Crippen molar-refractivity contribution in [2.24, 2.45) is 10.1 Å². The molecule has 0 saturated carbocycles. The molecule has 1 saturated heterocycles. The molecule has 0 unspecified atom stereocenters. The van der Waals surface area contributed by atoms with Crippen LogP contribution in [0.3, 0.4) is 0 Å². The number of fused-ring (bicyclic) bond motifs is 2. The highest BCUT2D eigenvalue weighted by molar-refractivity contribution is 9.10. The number of ether oxygens (including phenoxy) is 1. The Labute approximate surface area is 182 Å². The second-order valence-electron chi connectivity index (χ2n) is 7.22. The highest BCUT2D eigenvalue weighted by Crippen LogP contribution is 2.37. The molecule has 0 aliphatic carbocycles. The molecule has 1 aromatic heterocycles. The van der Waals surface area contributed by atoms with Crippen molar-refractivity contribution in [1.82, 2.24) is 9.88 Å². The third-order valence-electron chi connectivity index (χ3n) is 5.37. The Balaban J connectivity index is 1.47. The molecule has 154 valence electrons. The maximum absolute atomic E-state index is 10.7. The first-order chi connectivity index (χ1) is 14.7. The summed E-state index contributed by atoms with van der Waals surface area (Å²) >= 11 is 3.53. The molecule has 0 amide bonds. The minimum absolute atomic E-state index is 0.0597. The largest absolute Gasteiger partial charge is 0.494 e. The second kappa shape index (κ2) is 8.22. The summed E-state index contributed by atoms with van der Waals surface area (Å²) in [6.07, 6.45) is 0. The smallest absolute Gasteiger partial charge is 0.199 e. The number of H-pyrrole nitrogens is 1. The van der Waals surface area contributed by atoms with E-state index in [4.69, 9.17) is 14.6 Å². The van der Waals surface area contributed by atoms with E-state index in [9.17, 15) is 5.11 Å². The molecule has 5 rings (SSSR count). The average molecular weight is 469 g/mol. The molecule has 0 spiro atoms. The maximum Gasteiger partial charge on any atom is 0.199 e. The van der Waals surface area contributed by atoms with Crippen molar-refractivity contribution in [3.63, 3.8) is 0 Å². The van der Waals surface area contributed by atoms with Gasteiger partial charge in [0.05, 0.1) is 30.0 Å². The predicted molar refractivity (Wildman–Crippen MR) is 120 cm³/mol. The molecule has 2 aromatic carbocycles. The third kappa shape index (κ3) is 3.51. The number of rotatable bonds is 5. The number of halogens is 1. The fourth-order valence-electron chi connectivity index (χ4n) is 3.85. The second-order valence-corrected chi connectivity index (χ2v) is 8.07. The zero-order valence-corrected chi connectivity index (χ0v) is 17.9. The highest BCUT2D eigenvalue weighted by atomic mass is 79.9. The summed E-state index contributed by atoms with van der Waals surface area (Å²) in [7, 11) is 0. The molecule has 7 nitrogen and oxygen atoms in total. The maximum atomic E-state index is 10.7. The highest BCUT2D eigenvalue weighted by Gasteiger charge is 2.29. The van der Waals surface area contributed by atoms with E-state index in [-0.39, 0.29) is 5.88 Å². The number of aromatic hydroxyl groups is 1. The predicted octanol–water partition coefficient (Wildman–Crippen LogP) is 3.82. The molecule has 3 heterocycles. The number of para-hydroxylation sites is 2. The summed E-state index contributed by atoms with van der Waals surface area (Å²) < 4.78 is 6.25. The number of benzene rings is 2. The Kier molecular flexibility index (Phi) is 5.28. The van der Waals surface area contributed by atoms with E-state index < -0.39 is 0 Å². The Morgan fingerprint density at radius 3 is 2.87 bits per heavy atom. The lowest BCUT2D eigenvalue weighted by Crippen LogP contribution is -2.38. The minimum atomic E-state index is 0.0597. The quantitative estimate of drug-likeness (QED) is 0.440. The van der Waals surface area contributed by atoms with E-state index in [1.807, 2.05) is 42.5 Å². The van der Waals surface area contributed by atoms with E-state index in [0.717, 1.165) is 59.5 Å². The molecule has 0 atom stereocenters. The first-order valence-electron chi connectivity index (χ1n) is 9.90. The fraction of sp³-hybridized carbons (Fsp3) is 0.273. The van der Waals surface area contributed by atoms with Crippen molar-refractivity contribution in [2.45, 2.75) is 0 Å². The van der Waals surface area contributed by atoms with Crippen LogP contribution in [0.2, 0.25) is 0 Å². The van der Waals surface area contributed by atoms with Crippen molar-refractivity contribution < 1.29 is 14.7 Å². The van der Waals surface area contributed by atoms with Crippen LogP contribution in [0.5, 0.6) is 5.88 Å². The summed E-state index contributed by atoms with van der Waals surface area (Å²) in [5.74, 6) is 0.0597. The monoisotopic (exact) mass is 468 g/mol. The van der Waals surface area contributed by atoms with Gasteiger partial charge >= 0.3 is 0 Å². The molecule has 0 radical (unpaired) electrons. The number of hydrogen-bond donors (Lipinski definition) is 2. The van der Waals surface area contributed by atoms with E-state index in [1.165, 1.54) is 0 Å². The van der Waals surface area contributed by atoms with Gasteiger partial charge < -0.3 is 19.7 Å². The van der Waals surface area contributed by atoms with Crippen LogP contribution in [-0.4, -0.2) is 65.9 Å². The number of aliphatic imine (C=N–C) groups is 1. The molecule has 2 N–H and O–H groups in total. The topological polar surface area (TPSA) is 82.4 Å². The van der Waals surface area contributed by atoms with Crippen LogP contribution >= 0.6 is 15.9 Å². The van der Waals surface area contributed by atoms with Gasteiger partial charge in [0.15, 0.2) is 5.88 Å². The number of nitrogens with one attached hydrogen (secondary N) is 1. The van der Waals surface area contributed by atoms with Gasteiger partial charge in [0, 0.05) is 35.1 Å². The van der Waals surface area contributed by atoms with E-state index in [1.54, 1.807) is 0 Å². The van der Waals surface area contributed by atoms with E-state index in [2.05, 4.69) is 31.0 Å². The van der Waals surface area contributed by atoms with Crippen LogP contribution in [0, 0.1) is 0 Å². The van der Waals surface area contributed by atoms with Crippen LogP contribution in [0.25, 0.3) is 10.9 Å². The van der Waals surface area contributed by atoms with Gasteiger partial charge in [-0.2, -0.15) is 0 Å². The number of nitrogens with zero attached hydrogens (tertiary/aromatic N) is 3. The molecule has 30 heavy (non-hydrogen) atoms. The van der Waals surface area contributed by atoms with E-state index in [0.29, 0.717) is 23.6 Å². The first-order valence-corrected chi connectivity index (χ1v) is 10.7. The van der Waals surface area contributed by atoms with Crippen LogP contribution < -0.4 is 0 Å². The molecule has 8 heteroatoms. The lowest BCUT2D eigenvalue weighted by molar-refractivity contribution is 0.0213. The number of oxime groups is 1. The number of aromatic amines is 1. The molecule has 2 aliphatic rings. The summed E-state index contributed by atoms with van der Waals surface area (Å²) in [6.45, 7) is 4.60. The van der Waals surface area contributed by atoms with Crippen LogP contribution in [0.1, 0.15) is 11.1 Å². The summed E-state index contributed by atoms with van der Waals surface area (Å²) in [5.41, 5.74) is 4.37. The van der Waals surface area contributed by atoms with Crippen molar-refractivity contribution >= 4 is 43.9 Å². The van der Waals surface area contributed by atoms with Crippen molar-refractivity contribution in [3.8, 4) is 5.88 Å². The molecular weight excluding hydrogens is 448 g/mol. The summed E-state index contributed by atoms with van der Waals surface area (Å²) in [5, 5.41) is 16.0. The van der Waals surface area contributed by atoms with Gasteiger partial charge in [-0.25, -0.2) is 4.99 Å². The van der Waals surface area contributed by atoms with Gasteiger partial charge in [0.1, 0.15) is 18.0 Å². The molecule has 0 bridgehead atoms. The van der Waals surface area contributed by atoms with Gasteiger partial charge in [0.25, 0.3) is 0 Å². The van der Waals surface area contributed by atoms with Crippen LogP contribution in [0.4, 0.5) is 5.69 Å². The molecule has 2 aliphatic heterocycles. The summed E-state index contributed by atoms with van der Waals surface area (Å²) in [4.78, 5) is 15.8. The lowest BCUT2D eigenvalue weighted by Gasteiger charge is -2.25. The van der Waals surface area contributed by atoms with E-state index >= 15 is 0 Å². The minimum Gasteiger partial charge on any atom is -0.494 e. The molecular formula is C22H21BrN4O3. The molecule has 1 fully saturated rings. The first kappa shape index (κ1) is 19.3. The Hall–Kier alpha value is -2.68. The van der Waals surface area contributed by atoms with Crippen LogP contribution in [0.15, 0.2) is 57.1 Å². The zero-order chi connectivity index (χ0) is 20.5. The van der Waals surface area contributed by atoms with Gasteiger partial charge in [-0.1, -0.05) is 35.5 Å². The number of hydrogen-bond acceptors (Lipinski definition) is 6. The van der Waals surface area contributed by atoms with Crippen LogP contribution in [-0.2, 0) is 9.57 Å². The SMILES string of the molecule is Oc1[nH]c2c(Br)cccc2c1C1=Nc2ccccc2/C1=N\OCCN1CCOCC1. The Bertz CT molecular complexity index is 1150. The van der Waals surface area contributed by atoms with Gasteiger partial charge in [-0.15, -0.1) is 0 Å². The zero-order valence-electron chi connectivity index (χ0n) is 16.3. The summed E-state index contributed by atoms with van der Waals surface area (Å²) in [6, 6.07) is 13.6. The Morgan fingerprint density at radius 1 is 1.17 bits per heavy atom. The number of aromatic nitrogens is 1. The van der Waals surface area contributed by atoms with Crippen molar-refractivity contribution in [1.29, 1.82) is 0 Å². The normalized spacial score (nSPS) is 18.0. The standard InChI is InChI=1S/C22H21BrN4O3/c23-16-6-3-5-15-18(22(28)25-19(15)16)21-20(14-4-1-2-7-17(14)24-21)26-30-13-10-27-8-11-29-12-9-27/h1-7,25,28H,8-13H2/b26-20+. The van der Waals surface area contributed by atoms with Crippen molar-refractivity contribution in [3.05, 3.63) is 58.1 Å². The van der Waals surface area contributed by atoms with Gasteiger partial charge in [-0.05, 0) is 28.1 Å². The number of morpholine rings is 1. The third-order valence-corrected chi connectivity index (χ3v) is 6.03. The molecule has 3 aromatic rings. The Morgan fingerprint density at radius 2 is 2.00 bits per heavy atom. The fourth-order valence-corrected chi connectivity index (χ4v) is 4.32.